The summed E-state index contributed by atoms with van der Waals surface area (Å²) in [5.41, 5.74) is 3.21. The Labute approximate surface area is 134 Å². The number of carbonyl (C=O) groups excluding carboxylic acids is 1. The molecule has 0 fully saturated rings. The summed E-state index contributed by atoms with van der Waals surface area (Å²) in [6.45, 7) is 1.70. The molecule has 2 aliphatic heterocycles. The lowest BCUT2D eigenvalue weighted by atomic mass is 9.94. The molecule has 2 N–H and O–H groups in total. The van der Waals surface area contributed by atoms with E-state index in [-0.39, 0.29) is 18.7 Å². The molecule has 0 aliphatic carbocycles. The van der Waals surface area contributed by atoms with Crippen molar-refractivity contribution < 1.29 is 14.3 Å². The Morgan fingerprint density at radius 1 is 1.17 bits per heavy atom. The second kappa shape index (κ2) is 5.93. The van der Waals surface area contributed by atoms with E-state index in [2.05, 4.69) is 28.8 Å². The number of rotatable bonds is 3. The van der Waals surface area contributed by atoms with Gasteiger partial charge in [0, 0.05) is 18.2 Å². The molecule has 0 saturated heterocycles. The van der Waals surface area contributed by atoms with Gasteiger partial charge >= 0.3 is 0 Å². The normalized spacial score (nSPS) is 18.3. The number of nitrogens with one attached hydrogen (secondary N) is 2. The van der Waals surface area contributed by atoms with Crippen molar-refractivity contribution in [2.24, 2.45) is 0 Å². The lowest BCUT2D eigenvalue weighted by Gasteiger charge is -2.27. The smallest absolute Gasteiger partial charge is 0.251 e. The van der Waals surface area contributed by atoms with E-state index in [1.807, 2.05) is 6.07 Å². The topological polar surface area (TPSA) is 59.6 Å². The van der Waals surface area contributed by atoms with Gasteiger partial charge in [-0.15, -0.1) is 0 Å². The zero-order valence-electron chi connectivity index (χ0n) is 12.7. The molecular formula is C18H18N2O3. The van der Waals surface area contributed by atoms with Crippen LogP contribution in [-0.4, -0.2) is 25.8 Å². The van der Waals surface area contributed by atoms with Gasteiger partial charge in [-0.2, -0.15) is 0 Å². The Hall–Kier alpha value is -2.53. The van der Waals surface area contributed by atoms with Crippen molar-refractivity contribution in [2.45, 2.75) is 12.5 Å². The van der Waals surface area contributed by atoms with Gasteiger partial charge in [-0.05, 0) is 42.3 Å². The Morgan fingerprint density at radius 3 is 3.00 bits per heavy atom. The Kier molecular flexibility index (Phi) is 3.63. The van der Waals surface area contributed by atoms with E-state index in [0.29, 0.717) is 23.6 Å². The van der Waals surface area contributed by atoms with Crippen LogP contribution in [0.2, 0.25) is 0 Å². The first-order chi connectivity index (χ1) is 11.3. The number of hydrogen-bond acceptors (Lipinski definition) is 4. The van der Waals surface area contributed by atoms with Crippen LogP contribution in [0.5, 0.6) is 11.5 Å². The van der Waals surface area contributed by atoms with Crippen molar-refractivity contribution in [3.63, 3.8) is 0 Å². The number of carbonyl (C=O) groups is 1. The van der Waals surface area contributed by atoms with E-state index in [9.17, 15) is 4.79 Å². The monoisotopic (exact) mass is 310 g/mol. The molecule has 0 spiro atoms. The van der Waals surface area contributed by atoms with Gasteiger partial charge in [-0.1, -0.05) is 24.3 Å². The molecule has 0 radical (unpaired) electrons. The molecule has 118 valence electrons. The lowest BCUT2D eigenvalue weighted by Crippen LogP contribution is -2.38. The van der Waals surface area contributed by atoms with Gasteiger partial charge in [-0.3, -0.25) is 4.79 Å². The van der Waals surface area contributed by atoms with Crippen molar-refractivity contribution in [3.05, 3.63) is 59.2 Å². The molecule has 2 heterocycles. The van der Waals surface area contributed by atoms with Crippen LogP contribution in [0.3, 0.4) is 0 Å². The summed E-state index contributed by atoms with van der Waals surface area (Å²) in [6.07, 6.45) is 1.03. The van der Waals surface area contributed by atoms with E-state index in [4.69, 9.17) is 9.47 Å². The number of hydrogen-bond donors (Lipinski definition) is 2. The molecule has 5 nitrogen and oxygen atoms in total. The van der Waals surface area contributed by atoms with Crippen LogP contribution in [0.15, 0.2) is 42.5 Å². The first-order valence-electron chi connectivity index (χ1n) is 7.80. The van der Waals surface area contributed by atoms with Gasteiger partial charge in [0.25, 0.3) is 5.91 Å². The maximum Gasteiger partial charge on any atom is 0.251 e. The summed E-state index contributed by atoms with van der Waals surface area (Å²) in [6, 6.07) is 13.8. The molecule has 0 saturated carbocycles. The van der Waals surface area contributed by atoms with E-state index in [0.717, 1.165) is 13.0 Å². The van der Waals surface area contributed by atoms with Crippen molar-refractivity contribution in [1.82, 2.24) is 10.6 Å². The maximum absolute atomic E-state index is 12.4. The molecule has 0 aromatic heterocycles. The molecule has 5 heteroatoms. The van der Waals surface area contributed by atoms with Crippen molar-refractivity contribution >= 4 is 5.91 Å². The van der Waals surface area contributed by atoms with Crippen LogP contribution >= 0.6 is 0 Å². The molecular weight excluding hydrogens is 292 g/mol. The van der Waals surface area contributed by atoms with Gasteiger partial charge in [0.15, 0.2) is 11.5 Å². The van der Waals surface area contributed by atoms with E-state index in [1.54, 1.807) is 18.2 Å². The fourth-order valence-electron chi connectivity index (χ4n) is 3.11. The Balaban J connectivity index is 1.44. The molecule has 23 heavy (non-hydrogen) atoms. The average Bonchev–Trinajstić information content (AvgIpc) is 3.07. The Morgan fingerprint density at radius 2 is 2.04 bits per heavy atom. The third kappa shape index (κ3) is 2.75. The van der Waals surface area contributed by atoms with Crippen molar-refractivity contribution in [1.29, 1.82) is 0 Å². The zero-order chi connectivity index (χ0) is 15.6. The number of benzene rings is 2. The molecule has 1 unspecified atom stereocenters. The summed E-state index contributed by atoms with van der Waals surface area (Å²) in [4.78, 5) is 12.4. The first-order valence-corrected chi connectivity index (χ1v) is 7.80. The highest BCUT2D eigenvalue weighted by molar-refractivity contribution is 5.95. The fourth-order valence-corrected chi connectivity index (χ4v) is 3.11. The standard InChI is InChI=1S/C18H18N2O3/c21-18(13-5-6-16-17(9-13)23-11-22-16)20-10-15-14-4-2-1-3-12(14)7-8-19-15/h1-6,9,15,19H,7-8,10-11H2,(H,20,21). The maximum atomic E-state index is 12.4. The molecule has 2 aromatic carbocycles. The van der Waals surface area contributed by atoms with E-state index >= 15 is 0 Å². The third-order valence-electron chi connectivity index (χ3n) is 4.32. The van der Waals surface area contributed by atoms with Crippen LogP contribution in [0.25, 0.3) is 0 Å². The lowest BCUT2D eigenvalue weighted by molar-refractivity contribution is 0.0948. The summed E-state index contributed by atoms with van der Waals surface area (Å²) < 4.78 is 10.6. The van der Waals surface area contributed by atoms with Gasteiger partial charge in [0.05, 0.1) is 0 Å². The predicted molar refractivity (Wildman–Crippen MR) is 85.8 cm³/mol. The molecule has 1 atom stereocenters. The van der Waals surface area contributed by atoms with Gasteiger partial charge in [0.1, 0.15) is 0 Å². The number of ether oxygens (including phenoxy) is 2. The largest absolute Gasteiger partial charge is 0.454 e. The summed E-state index contributed by atoms with van der Waals surface area (Å²) in [7, 11) is 0. The minimum absolute atomic E-state index is 0.104. The zero-order valence-corrected chi connectivity index (χ0v) is 12.7. The second-order valence-corrected chi connectivity index (χ2v) is 5.73. The minimum Gasteiger partial charge on any atom is -0.454 e. The predicted octanol–water partition coefficient (Wildman–Crippen LogP) is 2.03. The third-order valence-corrected chi connectivity index (χ3v) is 4.32. The average molecular weight is 310 g/mol. The second-order valence-electron chi connectivity index (χ2n) is 5.73. The molecule has 4 rings (SSSR count). The van der Waals surface area contributed by atoms with Crippen LogP contribution in [0.4, 0.5) is 0 Å². The van der Waals surface area contributed by atoms with Crippen LogP contribution in [-0.2, 0) is 6.42 Å². The molecule has 2 aromatic rings. The quantitative estimate of drug-likeness (QED) is 0.911. The van der Waals surface area contributed by atoms with Crippen molar-refractivity contribution in [2.75, 3.05) is 19.9 Å². The van der Waals surface area contributed by atoms with Gasteiger partial charge in [0.2, 0.25) is 6.79 Å². The van der Waals surface area contributed by atoms with E-state index < -0.39 is 0 Å². The summed E-state index contributed by atoms with van der Waals surface area (Å²) in [5, 5.41) is 6.47. The molecule has 1 amide bonds. The minimum atomic E-state index is -0.104. The highest BCUT2D eigenvalue weighted by atomic mass is 16.7. The van der Waals surface area contributed by atoms with Crippen LogP contribution in [0, 0.1) is 0 Å². The summed E-state index contributed by atoms with van der Waals surface area (Å²) >= 11 is 0. The van der Waals surface area contributed by atoms with Gasteiger partial charge in [-0.25, -0.2) is 0 Å². The van der Waals surface area contributed by atoms with Crippen LogP contribution < -0.4 is 20.1 Å². The number of amides is 1. The highest BCUT2D eigenvalue weighted by Crippen LogP contribution is 2.32. The summed E-state index contributed by atoms with van der Waals surface area (Å²) in [5.74, 6) is 1.20. The molecule has 2 aliphatic rings. The van der Waals surface area contributed by atoms with Gasteiger partial charge < -0.3 is 20.1 Å². The SMILES string of the molecule is O=C(NCC1NCCc2ccccc21)c1ccc2c(c1)OCO2. The molecule has 0 bridgehead atoms. The first kappa shape index (κ1) is 14.1. The highest BCUT2D eigenvalue weighted by Gasteiger charge is 2.21. The van der Waals surface area contributed by atoms with Crippen LogP contribution in [0.1, 0.15) is 27.5 Å². The van der Waals surface area contributed by atoms with E-state index in [1.165, 1.54) is 11.1 Å². The van der Waals surface area contributed by atoms with Crippen molar-refractivity contribution in [3.8, 4) is 11.5 Å². The Bertz CT molecular complexity index is 745. The fraction of sp³-hybridized carbons (Fsp3) is 0.278. The number of fused-ring (bicyclic) bond motifs is 2.